The fourth-order valence-corrected chi connectivity index (χ4v) is 7.28. The molecular formula is C30H30N3O8PS. The summed E-state index contributed by atoms with van der Waals surface area (Å²) in [5.41, 5.74) is 6.43. The Morgan fingerprint density at radius 2 is 1.47 bits per heavy atom. The molecule has 13 heteroatoms. The number of aromatic nitrogens is 2. The summed E-state index contributed by atoms with van der Waals surface area (Å²) in [6, 6.07) is 26.5. The smallest absolute Gasteiger partial charge is 0.351 e. The minimum absolute atomic E-state index is 0.0273. The van der Waals surface area contributed by atoms with Gasteiger partial charge in [0, 0.05) is 6.20 Å². The molecule has 43 heavy (non-hydrogen) atoms. The average Bonchev–Trinajstić information content (AvgIpc) is 3.51. The molecule has 0 bridgehead atoms. The molecule has 1 aromatic heterocycles. The minimum Gasteiger partial charge on any atom is -0.497 e. The first-order chi connectivity index (χ1) is 20.7. The van der Waals surface area contributed by atoms with Crippen molar-refractivity contribution in [3.63, 3.8) is 0 Å². The highest BCUT2D eigenvalue weighted by Crippen LogP contribution is 2.65. The third kappa shape index (κ3) is 5.63. The molecule has 11 nitrogen and oxygen atoms in total. The van der Waals surface area contributed by atoms with E-state index in [1.165, 1.54) is 16.8 Å². The molecule has 0 amide bonds. The SMILES string of the molecule is COc1ccc(C(OC[C@H]2O[C@@H](n3ccc(N)nc3=O)[C@@H]3O[P+](O)([S-])O[C@@H]32)(c2ccccc2)c2ccc(OC)cc2)cc1. The van der Waals surface area contributed by atoms with Crippen LogP contribution in [0.5, 0.6) is 11.5 Å². The predicted molar refractivity (Wildman–Crippen MR) is 161 cm³/mol. The molecule has 224 valence electrons. The van der Waals surface area contributed by atoms with Crippen molar-refractivity contribution in [2.45, 2.75) is 30.1 Å². The number of ether oxygens (including phenoxy) is 4. The molecule has 4 aromatic rings. The van der Waals surface area contributed by atoms with Gasteiger partial charge in [0.05, 0.1) is 20.8 Å². The molecule has 0 radical (unpaired) electrons. The third-order valence-electron chi connectivity index (χ3n) is 7.56. The zero-order valence-corrected chi connectivity index (χ0v) is 25.0. The fourth-order valence-electron chi connectivity index (χ4n) is 5.54. The zero-order chi connectivity index (χ0) is 30.2. The quantitative estimate of drug-likeness (QED) is 0.160. The van der Waals surface area contributed by atoms with Crippen LogP contribution in [0.1, 0.15) is 22.9 Å². The minimum atomic E-state index is -3.59. The lowest BCUT2D eigenvalue weighted by Crippen LogP contribution is -2.39. The van der Waals surface area contributed by atoms with Gasteiger partial charge in [0.2, 0.25) is 0 Å². The van der Waals surface area contributed by atoms with Crippen LogP contribution in [0.15, 0.2) is 95.9 Å². The van der Waals surface area contributed by atoms with Crippen molar-refractivity contribution < 1.29 is 32.9 Å². The Balaban J connectivity index is 1.42. The standard InChI is InChI=1S/C30H30N3O8PS/c1-36-22-12-8-20(9-13-22)30(19-6-4-3-5-7-19,21-10-14-23(37-2)15-11-21)38-18-24-26-27(41-42(35,43)40-26)28(39-24)33-17-16-25(31)32-29(33)34/h3-17,24,26-28H,18H2,1-2H3,(H,35,43)(H2,31,32,34)/t24-,26-,27-,28-,42?/m1/s1. The van der Waals surface area contributed by atoms with Crippen LogP contribution >= 0.6 is 7.15 Å². The molecular weight excluding hydrogens is 593 g/mol. The van der Waals surface area contributed by atoms with Gasteiger partial charge in [-0.15, -0.1) is 0 Å². The van der Waals surface area contributed by atoms with Crippen LogP contribution in [0.2, 0.25) is 0 Å². The average molecular weight is 624 g/mol. The van der Waals surface area contributed by atoms with Gasteiger partial charge in [-0.2, -0.15) is 14.0 Å². The second kappa shape index (κ2) is 11.9. The van der Waals surface area contributed by atoms with Gasteiger partial charge in [-0.25, -0.2) is 9.69 Å². The molecule has 2 aliphatic heterocycles. The lowest BCUT2D eigenvalue weighted by Gasteiger charge is -2.37. The summed E-state index contributed by atoms with van der Waals surface area (Å²) >= 11 is 5.19. The van der Waals surface area contributed by atoms with Crippen molar-refractivity contribution in [3.05, 3.63) is 118 Å². The van der Waals surface area contributed by atoms with Gasteiger partial charge >= 0.3 is 5.69 Å². The number of methoxy groups -OCH3 is 2. The third-order valence-corrected chi connectivity index (χ3v) is 9.09. The van der Waals surface area contributed by atoms with Gasteiger partial charge in [0.1, 0.15) is 29.0 Å². The second-order valence-electron chi connectivity index (χ2n) is 10.0. The van der Waals surface area contributed by atoms with Crippen molar-refractivity contribution in [3.8, 4) is 11.5 Å². The molecule has 2 saturated heterocycles. The summed E-state index contributed by atoms with van der Waals surface area (Å²) in [6.07, 6.45) is -1.99. The Hall–Kier alpha value is -3.48. The van der Waals surface area contributed by atoms with Crippen molar-refractivity contribution in [2.75, 3.05) is 26.6 Å². The number of nitrogen functional groups attached to an aromatic ring is 1. The first-order valence-electron chi connectivity index (χ1n) is 13.4. The van der Waals surface area contributed by atoms with Gasteiger partial charge in [0.15, 0.2) is 18.4 Å². The van der Waals surface area contributed by atoms with Crippen LogP contribution in [-0.4, -0.2) is 53.6 Å². The Bertz CT molecular complexity index is 1570. The van der Waals surface area contributed by atoms with Crippen LogP contribution in [0.25, 0.3) is 0 Å². The van der Waals surface area contributed by atoms with Crippen LogP contribution in [0.3, 0.4) is 0 Å². The van der Waals surface area contributed by atoms with Crippen LogP contribution in [-0.2, 0) is 36.4 Å². The molecule has 2 aliphatic rings. The van der Waals surface area contributed by atoms with Crippen LogP contribution in [0, 0.1) is 0 Å². The Morgan fingerprint density at radius 3 is 2.02 bits per heavy atom. The maximum atomic E-state index is 12.7. The van der Waals surface area contributed by atoms with Crippen molar-refractivity contribution in [2.24, 2.45) is 0 Å². The first-order valence-corrected chi connectivity index (χ1v) is 16.0. The molecule has 1 unspecified atom stereocenters. The second-order valence-corrected chi connectivity index (χ2v) is 12.8. The van der Waals surface area contributed by atoms with E-state index in [1.807, 2.05) is 78.9 Å². The zero-order valence-electron chi connectivity index (χ0n) is 23.3. The summed E-state index contributed by atoms with van der Waals surface area (Å²) in [5.74, 6) is 1.45. The lowest BCUT2D eigenvalue weighted by atomic mass is 9.80. The number of hydrogen-bond acceptors (Lipinski definition) is 11. The highest BCUT2D eigenvalue weighted by molar-refractivity contribution is 8.35. The van der Waals surface area contributed by atoms with Crippen molar-refractivity contribution in [1.29, 1.82) is 0 Å². The van der Waals surface area contributed by atoms with Crippen LogP contribution in [0.4, 0.5) is 5.82 Å². The number of fused-ring (bicyclic) bond motifs is 1. The monoisotopic (exact) mass is 623 g/mol. The fraction of sp³-hybridized carbons (Fsp3) is 0.267. The van der Waals surface area contributed by atoms with E-state index in [4.69, 9.17) is 46.0 Å². The van der Waals surface area contributed by atoms with Gasteiger partial charge < -0.3 is 36.9 Å². The summed E-state index contributed by atoms with van der Waals surface area (Å²) in [7, 11) is -0.369. The maximum absolute atomic E-state index is 12.7. The van der Waals surface area contributed by atoms with Crippen LogP contribution < -0.4 is 20.9 Å². The van der Waals surface area contributed by atoms with Gasteiger partial charge in [0.25, 0.3) is 7.15 Å². The Kier molecular flexibility index (Phi) is 8.18. The summed E-state index contributed by atoms with van der Waals surface area (Å²) in [6.45, 7) is -0.0273. The number of hydrogen-bond donors (Lipinski definition) is 2. The van der Waals surface area contributed by atoms with E-state index in [9.17, 15) is 9.69 Å². The van der Waals surface area contributed by atoms with E-state index >= 15 is 0 Å². The molecule has 6 rings (SSSR count). The Labute approximate surface area is 253 Å². The number of nitrogens with zero attached hydrogens (tertiary/aromatic N) is 2. The van der Waals surface area contributed by atoms with Crippen molar-refractivity contribution >= 4 is 25.2 Å². The maximum Gasteiger partial charge on any atom is 0.351 e. The Morgan fingerprint density at radius 1 is 0.907 bits per heavy atom. The summed E-state index contributed by atoms with van der Waals surface area (Å²) in [4.78, 5) is 27.1. The molecule has 0 saturated carbocycles. The number of nitrogens with two attached hydrogens (primary N) is 1. The number of rotatable bonds is 9. The molecule has 0 spiro atoms. The highest BCUT2D eigenvalue weighted by Gasteiger charge is 2.61. The topological polar surface area (TPSA) is 137 Å². The van der Waals surface area contributed by atoms with Gasteiger partial charge in [-0.1, -0.05) is 54.6 Å². The number of anilines is 1. The van der Waals surface area contributed by atoms with E-state index < -0.39 is 43.0 Å². The van der Waals surface area contributed by atoms with Gasteiger partial charge in [-0.05, 0) is 47.0 Å². The first kappa shape index (κ1) is 29.6. The number of benzene rings is 3. The van der Waals surface area contributed by atoms with Crippen molar-refractivity contribution in [1.82, 2.24) is 9.55 Å². The molecule has 2 fully saturated rings. The van der Waals surface area contributed by atoms with E-state index in [1.54, 1.807) is 14.2 Å². The lowest BCUT2D eigenvalue weighted by molar-refractivity contribution is -0.0984. The van der Waals surface area contributed by atoms with E-state index in [0.717, 1.165) is 16.7 Å². The molecule has 5 atom stereocenters. The molecule has 3 N–H and O–H groups in total. The largest absolute Gasteiger partial charge is 0.497 e. The van der Waals surface area contributed by atoms with E-state index in [-0.39, 0.29) is 12.4 Å². The molecule has 3 heterocycles. The summed E-state index contributed by atoms with van der Waals surface area (Å²) in [5, 5.41) is 0. The van der Waals surface area contributed by atoms with E-state index in [2.05, 4.69) is 4.98 Å². The molecule has 3 aromatic carbocycles. The van der Waals surface area contributed by atoms with E-state index in [0.29, 0.717) is 11.5 Å². The van der Waals surface area contributed by atoms with Gasteiger partial charge in [-0.3, -0.25) is 4.57 Å². The highest BCUT2D eigenvalue weighted by atomic mass is 32.7. The predicted octanol–water partition coefficient (Wildman–Crippen LogP) is 3.75. The molecule has 0 aliphatic carbocycles. The normalized spacial score (nSPS) is 24.9. The summed E-state index contributed by atoms with van der Waals surface area (Å²) < 4.78 is 36.9.